The van der Waals surface area contributed by atoms with Crippen molar-refractivity contribution in [3.8, 4) is 11.4 Å². The minimum atomic E-state index is -0.258. The van der Waals surface area contributed by atoms with E-state index in [0.717, 1.165) is 54.0 Å². The van der Waals surface area contributed by atoms with Crippen LogP contribution < -0.4 is 0 Å². The van der Waals surface area contributed by atoms with E-state index in [1.165, 1.54) is 15.4 Å². The van der Waals surface area contributed by atoms with Crippen molar-refractivity contribution in [3.05, 3.63) is 90.5 Å². The van der Waals surface area contributed by atoms with E-state index in [0.29, 0.717) is 0 Å². The van der Waals surface area contributed by atoms with Crippen molar-refractivity contribution in [2.75, 3.05) is 20.3 Å². The molecule has 1 fully saturated rings. The van der Waals surface area contributed by atoms with Gasteiger partial charge in [-0.3, -0.25) is 4.40 Å². The number of hydrogen-bond acceptors (Lipinski definition) is 5. The summed E-state index contributed by atoms with van der Waals surface area (Å²) in [5, 5.41) is 10.0. The normalized spacial score (nSPS) is 15.7. The van der Waals surface area contributed by atoms with Crippen molar-refractivity contribution in [2.24, 2.45) is 0 Å². The van der Waals surface area contributed by atoms with E-state index < -0.39 is 0 Å². The van der Waals surface area contributed by atoms with Crippen molar-refractivity contribution >= 4 is 28.3 Å². The van der Waals surface area contributed by atoms with Crippen LogP contribution in [0.2, 0.25) is 0 Å². The second-order valence-electron chi connectivity index (χ2n) is 8.58. The predicted octanol–water partition coefficient (Wildman–Crippen LogP) is 6.35. The Hall–Kier alpha value is -3.19. The Labute approximate surface area is 202 Å². The summed E-state index contributed by atoms with van der Waals surface area (Å²) in [6, 6.07) is 29.7. The molecule has 1 aliphatic rings. The molecule has 0 N–H and O–H groups in total. The average Bonchev–Trinajstić information content (AvgIpc) is 3.34. The van der Waals surface area contributed by atoms with Crippen molar-refractivity contribution in [1.82, 2.24) is 14.6 Å². The maximum absolute atomic E-state index is 6.00. The first-order chi connectivity index (χ1) is 16.8. The highest BCUT2D eigenvalue weighted by Gasteiger charge is 2.34. The molecule has 6 heteroatoms. The first kappa shape index (κ1) is 21.4. The first-order valence-electron chi connectivity index (χ1n) is 11.5. The minimum absolute atomic E-state index is 0.258. The largest absolute Gasteiger partial charge is 0.381 e. The number of benzene rings is 3. The summed E-state index contributed by atoms with van der Waals surface area (Å²) >= 11 is 1.77. The fourth-order valence-electron chi connectivity index (χ4n) is 4.80. The van der Waals surface area contributed by atoms with Gasteiger partial charge in [-0.25, -0.2) is 0 Å². The summed E-state index contributed by atoms with van der Waals surface area (Å²) in [5.41, 5.74) is 3.97. The Kier molecular flexibility index (Phi) is 5.57. The van der Waals surface area contributed by atoms with Crippen molar-refractivity contribution in [3.63, 3.8) is 0 Å². The monoisotopic (exact) mass is 467 g/mol. The third kappa shape index (κ3) is 3.78. The zero-order chi connectivity index (χ0) is 23.0. The molecule has 0 bridgehead atoms. The number of rotatable bonds is 5. The molecule has 0 aliphatic carbocycles. The minimum Gasteiger partial charge on any atom is -0.381 e. The fourth-order valence-corrected chi connectivity index (χ4v) is 5.73. The maximum Gasteiger partial charge on any atom is 0.168 e. The summed E-state index contributed by atoms with van der Waals surface area (Å²) in [6.45, 7) is 1.47. The third-order valence-electron chi connectivity index (χ3n) is 6.66. The van der Waals surface area contributed by atoms with Crippen LogP contribution >= 0.6 is 11.8 Å². The second kappa shape index (κ2) is 8.87. The van der Waals surface area contributed by atoms with Gasteiger partial charge in [0.25, 0.3) is 0 Å². The summed E-state index contributed by atoms with van der Waals surface area (Å²) in [4.78, 5) is 2.40. The van der Waals surface area contributed by atoms with E-state index in [1.807, 2.05) is 31.4 Å². The van der Waals surface area contributed by atoms with Gasteiger partial charge >= 0.3 is 0 Å². The molecule has 0 amide bonds. The van der Waals surface area contributed by atoms with Gasteiger partial charge < -0.3 is 9.47 Å². The number of pyridine rings is 1. The maximum atomic E-state index is 6.00. The quantitative estimate of drug-likeness (QED) is 0.301. The number of aromatic nitrogens is 3. The molecule has 34 heavy (non-hydrogen) atoms. The lowest BCUT2D eigenvalue weighted by Gasteiger charge is -2.36. The smallest absolute Gasteiger partial charge is 0.168 e. The lowest BCUT2D eigenvalue weighted by molar-refractivity contribution is -0.0948. The van der Waals surface area contributed by atoms with Gasteiger partial charge in [-0.2, -0.15) is 0 Å². The van der Waals surface area contributed by atoms with Crippen LogP contribution in [-0.4, -0.2) is 34.9 Å². The van der Waals surface area contributed by atoms with Gasteiger partial charge in [0.05, 0.1) is 11.1 Å². The average molecular weight is 468 g/mol. The molecule has 3 aromatic carbocycles. The SMILES string of the molecule is COC1(c2cccc(Sc3ccc4c(ccc5nnc(-c6ccccc6)n54)c3)c2)CCOCC1. The Morgan fingerprint density at radius 3 is 2.50 bits per heavy atom. The molecule has 5 aromatic rings. The molecular formula is C28H25N3O2S. The highest BCUT2D eigenvalue weighted by Crippen LogP contribution is 2.38. The second-order valence-corrected chi connectivity index (χ2v) is 9.72. The van der Waals surface area contributed by atoms with Crippen LogP contribution in [0, 0.1) is 0 Å². The molecule has 5 nitrogen and oxygen atoms in total. The predicted molar refractivity (Wildman–Crippen MR) is 135 cm³/mol. The van der Waals surface area contributed by atoms with Crippen LogP contribution in [0.1, 0.15) is 18.4 Å². The standard InChI is InChI=1S/C28H25N3O2S/c1-32-28(14-16-33-17-15-28)22-8-5-9-23(19-22)34-24-11-12-25-21(18-24)10-13-26-29-30-27(31(25)26)20-6-3-2-4-7-20/h2-13,18-19H,14-17H2,1H3. The van der Waals surface area contributed by atoms with Crippen molar-refractivity contribution in [2.45, 2.75) is 28.2 Å². The molecule has 1 aliphatic heterocycles. The van der Waals surface area contributed by atoms with Gasteiger partial charge in [-0.1, -0.05) is 54.2 Å². The van der Waals surface area contributed by atoms with Crippen LogP contribution in [0.15, 0.2) is 94.7 Å². The van der Waals surface area contributed by atoms with E-state index in [-0.39, 0.29) is 5.60 Å². The zero-order valence-electron chi connectivity index (χ0n) is 19.0. The molecule has 6 rings (SSSR count). The first-order valence-corrected chi connectivity index (χ1v) is 12.3. The van der Waals surface area contributed by atoms with Crippen LogP contribution in [0.3, 0.4) is 0 Å². The van der Waals surface area contributed by atoms with E-state index in [4.69, 9.17) is 9.47 Å². The Morgan fingerprint density at radius 2 is 1.68 bits per heavy atom. The Balaban J connectivity index is 1.35. The van der Waals surface area contributed by atoms with E-state index >= 15 is 0 Å². The molecule has 1 saturated heterocycles. The highest BCUT2D eigenvalue weighted by molar-refractivity contribution is 7.99. The Morgan fingerprint density at radius 1 is 0.853 bits per heavy atom. The topological polar surface area (TPSA) is 48.7 Å². The third-order valence-corrected chi connectivity index (χ3v) is 7.64. The number of methoxy groups -OCH3 is 1. The molecule has 0 saturated carbocycles. The molecule has 0 radical (unpaired) electrons. The van der Waals surface area contributed by atoms with Crippen molar-refractivity contribution < 1.29 is 9.47 Å². The van der Waals surface area contributed by atoms with Gasteiger partial charge in [0.1, 0.15) is 0 Å². The summed E-state index contributed by atoms with van der Waals surface area (Å²) < 4.78 is 13.7. The molecular weight excluding hydrogens is 442 g/mol. The zero-order valence-corrected chi connectivity index (χ0v) is 19.8. The number of fused-ring (bicyclic) bond motifs is 3. The summed E-state index contributed by atoms with van der Waals surface area (Å²) in [5.74, 6) is 0.857. The summed E-state index contributed by atoms with van der Waals surface area (Å²) in [7, 11) is 1.81. The van der Waals surface area contributed by atoms with E-state index in [9.17, 15) is 0 Å². The van der Waals surface area contributed by atoms with Gasteiger partial charge in [-0.05, 0) is 53.4 Å². The fraction of sp³-hybridized carbons (Fsp3) is 0.214. The van der Waals surface area contributed by atoms with Crippen molar-refractivity contribution in [1.29, 1.82) is 0 Å². The molecule has 170 valence electrons. The molecule has 0 unspecified atom stereocenters. The van der Waals surface area contributed by atoms with Crippen LogP contribution in [-0.2, 0) is 15.1 Å². The Bertz CT molecular complexity index is 1460. The van der Waals surface area contributed by atoms with E-state index in [2.05, 4.69) is 75.3 Å². The lowest BCUT2D eigenvalue weighted by atomic mass is 9.86. The molecule has 3 heterocycles. The van der Waals surface area contributed by atoms with Gasteiger partial charge in [-0.15, -0.1) is 10.2 Å². The summed E-state index contributed by atoms with van der Waals surface area (Å²) in [6.07, 6.45) is 1.76. The van der Waals surface area contributed by atoms with Crippen LogP contribution in [0.5, 0.6) is 0 Å². The van der Waals surface area contributed by atoms with Gasteiger partial charge in [0.2, 0.25) is 0 Å². The van der Waals surface area contributed by atoms with Gasteiger partial charge in [0, 0.05) is 48.5 Å². The molecule has 0 spiro atoms. The number of ether oxygens (including phenoxy) is 2. The molecule has 2 aromatic heterocycles. The van der Waals surface area contributed by atoms with Crippen LogP contribution in [0.4, 0.5) is 0 Å². The van der Waals surface area contributed by atoms with Crippen LogP contribution in [0.25, 0.3) is 27.9 Å². The van der Waals surface area contributed by atoms with E-state index in [1.54, 1.807) is 11.8 Å². The number of nitrogens with zero attached hydrogens (tertiary/aromatic N) is 3. The lowest BCUT2D eigenvalue weighted by Crippen LogP contribution is -2.35. The number of hydrogen-bond donors (Lipinski definition) is 0. The highest BCUT2D eigenvalue weighted by atomic mass is 32.2. The molecule has 0 atom stereocenters. The van der Waals surface area contributed by atoms with Gasteiger partial charge in [0.15, 0.2) is 11.5 Å².